The van der Waals surface area contributed by atoms with Crippen LogP contribution >= 0.6 is 27.3 Å². The monoisotopic (exact) mass is 354 g/mol. The second-order valence-electron chi connectivity index (χ2n) is 5.74. The Hall–Kier alpha value is -0.820. The zero-order valence-corrected chi connectivity index (χ0v) is 14.3. The van der Waals surface area contributed by atoms with Crippen LogP contribution in [0.25, 0.3) is 0 Å². The average Bonchev–Trinajstić information content (AvgIpc) is 2.84. The van der Waals surface area contributed by atoms with Gasteiger partial charge in [-0.1, -0.05) is 20.8 Å². The molecule has 3 N–H and O–H groups in total. The standard InChI is InChI=1S/C14H19BrN4S/c1-14(2,3)12-8-20-13(18-12)5-11(19-16)9-4-10(15)7-17-6-9/h4,6-8,11,19H,5,16H2,1-3H3. The van der Waals surface area contributed by atoms with Gasteiger partial charge in [0.2, 0.25) is 0 Å². The van der Waals surface area contributed by atoms with E-state index in [1.807, 2.05) is 12.3 Å². The molecular weight excluding hydrogens is 336 g/mol. The maximum atomic E-state index is 5.68. The average molecular weight is 355 g/mol. The first-order valence-electron chi connectivity index (χ1n) is 6.41. The molecule has 2 aromatic heterocycles. The van der Waals surface area contributed by atoms with Crippen LogP contribution in [0.2, 0.25) is 0 Å². The van der Waals surface area contributed by atoms with E-state index in [1.165, 1.54) is 0 Å². The molecule has 6 heteroatoms. The van der Waals surface area contributed by atoms with Gasteiger partial charge < -0.3 is 0 Å². The molecular formula is C14H19BrN4S. The highest BCUT2D eigenvalue weighted by molar-refractivity contribution is 9.10. The van der Waals surface area contributed by atoms with Crippen molar-refractivity contribution in [3.05, 3.63) is 44.6 Å². The van der Waals surface area contributed by atoms with Crippen molar-refractivity contribution < 1.29 is 0 Å². The molecule has 0 spiro atoms. The van der Waals surface area contributed by atoms with E-state index in [1.54, 1.807) is 17.5 Å². The lowest BCUT2D eigenvalue weighted by Gasteiger charge is -2.16. The van der Waals surface area contributed by atoms with Crippen LogP contribution < -0.4 is 11.3 Å². The van der Waals surface area contributed by atoms with E-state index in [4.69, 9.17) is 10.8 Å². The van der Waals surface area contributed by atoms with Crippen molar-refractivity contribution in [1.82, 2.24) is 15.4 Å². The zero-order valence-electron chi connectivity index (χ0n) is 11.9. The van der Waals surface area contributed by atoms with E-state index in [9.17, 15) is 0 Å². The van der Waals surface area contributed by atoms with Crippen molar-refractivity contribution in [2.75, 3.05) is 0 Å². The van der Waals surface area contributed by atoms with Crippen molar-refractivity contribution in [2.24, 2.45) is 5.84 Å². The number of aromatic nitrogens is 2. The van der Waals surface area contributed by atoms with Crippen LogP contribution in [0.15, 0.2) is 28.3 Å². The fourth-order valence-electron chi connectivity index (χ4n) is 1.82. The Balaban J connectivity index is 2.16. The van der Waals surface area contributed by atoms with Gasteiger partial charge in [-0.3, -0.25) is 16.3 Å². The zero-order chi connectivity index (χ0) is 14.8. The number of hydrogen-bond donors (Lipinski definition) is 2. The first-order valence-corrected chi connectivity index (χ1v) is 8.09. The third-order valence-electron chi connectivity index (χ3n) is 3.03. The molecule has 4 nitrogen and oxygen atoms in total. The van der Waals surface area contributed by atoms with Gasteiger partial charge in [-0.05, 0) is 27.6 Å². The number of thiazole rings is 1. The lowest BCUT2D eigenvalue weighted by Crippen LogP contribution is -2.29. The Bertz CT molecular complexity index is 577. The summed E-state index contributed by atoms with van der Waals surface area (Å²) in [7, 11) is 0. The maximum absolute atomic E-state index is 5.68. The van der Waals surface area contributed by atoms with Gasteiger partial charge in [-0.2, -0.15) is 0 Å². The first kappa shape index (κ1) is 15.6. The maximum Gasteiger partial charge on any atom is 0.0948 e. The second-order valence-corrected chi connectivity index (χ2v) is 7.59. The number of nitrogens with zero attached hydrogens (tertiary/aromatic N) is 2. The van der Waals surface area contributed by atoms with Crippen LogP contribution in [0.4, 0.5) is 0 Å². The first-order chi connectivity index (χ1) is 9.40. The highest BCUT2D eigenvalue weighted by Gasteiger charge is 2.19. The summed E-state index contributed by atoms with van der Waals surface area (Å²) in [6.45, 7) is 6.51. The molecule has 2 rings (SSSR count). The van der Waals surface area contributed by atoms with Crippen molar-refractivity contribution >= 4 is 27.3 Å². The molecule has 108 valence electrons. The van der Waals surface area contributed by atoms with Crippen LogP contribution in [0, 0.1) is 0 Å². The summed E-state index contributed by atoms with van der Waals surface area (Å²) in [6.07, 6.45) is 4.35. The normalized spacial score (nSPS) is 13.4. The van der Waals surface area contributed by atoms with E-state index >= 15 is 0 Å². The summed E-state index contributed by atoms with van der Waals surface area (Å²) >= 11 is 5.11. The number of halogens is 1. The van der Waals surface area contributed by atoms with Gasteiger partial charge in [-0.25, -0.2) is 4.98 Å². The minimum Gasteiger partial charge on any atom is -0.271 e. The van der Waals surface area contributed by atoms with Crippen molar-refractivity contribution in [3.63, 3.8) is 0 Å². The quantitative estimate of drug-likeness (QED) is 0.652. The summed E-state index contributed by atoms with van der Waals surface area (Å²) < 4.78 is 0.949. The smallest absolute Gasteiger partial charge is 0.0948 e. The summed E-state index contributed by atoms with van der Waals surface area (Å²) in [4.78, 5) is 8.89. The molecule has 2 aromatic rings. The van der Waals surface area contributed by atoms with Crippen molar-refractivity contribution in [1.29, 1.82) is 0 Å². The van der Waals surface area contributed by atoms with Gasteiger partial charge >= 0.3 is 0 Å². The van der Waals surface area contributed by atoms with Gasteiger partial charge in [0.05, 0.1) is 16.7 Å². The molecule has 1 atom stereocenters. The van der Waals surface area contributed by atoms with Gasteiger partial charge in [0.15, 0.2) is 0 Å². The minimum absolute atomic E-state index is 0.0129. The molecule has 1 unspecified atom stereocenters. The van der Waals surface area contributed by atoms with Gasteiger partial charge in [-0.15, -0.1) is 11.3 Å². The van der Waals surface area contributed by atoms with Crippen LogP contribution in [0.1, 0.15) is 43.1 Å². The molecule has 0 amide bonds. The minimum atomic E-state index is 0.0129. The number of hydrogen-bond acceptors (Lipinski definition) is 5. The Kier molecular flexibility index (Phi) is 4.90. The lowest BCUT2D eigenvalue weighted by molar-refractivity contribution is 0.539. The molecule has 20 heavy (non-hydrogen) atoms. The van der Waals surface area contributed by atoms with E-state index in [-0.39, 0.29) is 11.5 Å². The van der Waals surface area contributed by atoms with Gasteiger partial charge in [0, 0.05) is 34.1 Å². The molecule has 0 radical (unpaired) electrons. The molecule has 2 heterocycles. The summed E-state index contributed by atoms with van der Waals surface area (Å²) in [5, 5.41) is 3.21. The third-order valence-corrected chi connectivity index (χ3v) is 4.33. The molecule has 0 fully saturated rings. The van der Waals surface area contributed by atoms with Crippen LogP contribution in [-0.4, -0.2) is 9.97 Å². The highest BCUT2D eigenvalue weighted by atomic mass is 79.9. The van der Waals surface area contributed by atoms with Gasteiger partial charge in [0.1, 0.15) is 0 Å². The topological polar surface area (TPSA) is 63.8 Å². The fraction of sp³-hybridized carbons (Fsp3) is 0.429. The van der Waals surface area contributed by atoms with Crippen LogP contribution in [0.5, 0.6) is 0 Å². The number of hydrazine groups is 1. The van der Waals surface area contributed by atoms with Crippen LogP contribution in [-0.2, 0) is 11.8 Å². The van der Waals surface area contributed by atoms with Crippen molar-refractivity contribution in [3.8, 4) is 0 Å². The molecule has 0 bridgehead atoms. The number of pyridine rings is 1. The van der Waals surface area contributed by atoms with Gasteiger partial charge in [0.25, 0.3) is 0 Å². The Morgan fingerprint density at radius 2 is 2.15 bits per heavy atom. The Morgan fingerprint density at radius 3 is 2.70 bits per heavy atom. The largest absolute Gasteiger partial charge is 0.271 e. The molecule has 0 aromatic carbocycles. The SMILES string of the molecule is CC(C)(C)c1csc(CC(NN)c2cncc(Br)c2)n1. The van der Waals surface area contributed by atoms with E-state index in [0.717, 1.165) is 27.2 Å². The van der Waals surface area contributed by atoms with E-state index in [2.05, 4.69) is 52.5 Å². The second kappa shape index (κ2) is 6.30. The Morgan fingerprint density at radius 1 is 1.40 bits per heavy atom. The summed E-state index contributed by atoms with van der Waals surface area (Å²) in [6, 6.07) is 2.04. The molecule has 0 saturated heterocycles. The van der Waals surface area contributed by atoms with E-state index in [0.29, 0.717) is 0 Å². The summed E-state index contributed by atoms with van der Waals surface area (Å²) in [5.41, 5.74) is 5.10. The third kappa shape index (κ3) is 3.85. The van der Waals surface area contributed by atoms with Crippen LogP contribution in [0.3, 0.4) is 0 Å². The predicted molar refractivity (Wildman–Crippen MR) is 86.5 cm³/mol. The molecule has 0 aliphatic carbocycles. The number of nitrogens with one attached hydrogen (secondary N) is 1. The molecule has 0 aliphatic rings. The van der Waals surface area contributed by atoms with Crippen molar-refractivity contribution in [2.45, 2.75) is 38.6 Å². The summed E-state index contributed by atoms with van der Waals surface area (Å²) in [5.74, 6) is 5.68. The highest BCUT2D eigenvalue weighted by Crippen LogP contribution is 2.27. The number of rotatable bonds is 4. The molecule has 0 aliphatic heterocycles. The van der Waals surface area contributed by atoms with E-state index < -0.39 is 0 Å². The molecule has 0 saturated carbocycles. The lowest BCUT2D eigenvalue weighted by atomic mass is 9.93. The number of nitrogens with two attached hydrogens (primary N) is 1. The predicted octanol–water partition coefficient (Wildman–Crippen LogP) is 3.35. The Labute approximate surface area is 131 Å². The fourth-order valence-corrected chi connectivity index (χ4v) is 3.27.